The molecule has 0 bridgehead atoms. The Morgan fingerprint density at radius 3 is 2.59 bits per heavy atom. The first-order valence-electron chi connectivity index (χ1n) is 9.87. The molecule has 32 heavy (non-hydrogen) atoms. The van der Waals surface area contributed by atoms with Gasteiger partial charge in [-0.15, -0.1) is 10.2 Å². The molecule has 3 rings (SSSR count). The molecule has 0 fully saturated rings. The van der Waals surface area contributed by atoms with Gasteiger partial charge in [0.25, 0.3) is 0 Å². The van der Waals surface area contributed by atoms with Crippen molar-refractivity contribution in [3.05, 3.63) is 58.6 Å². The second kappa shape index (κ2) is 10.8. The lowest BCUT2D eigenvalue weighted by Crippen LogP contribution is -2.49. The largest absolute Gasteiger partial charge is 0.326 e. The van der Waals surface area contributed by atoms with Gasteiger partial charge in [0.05, 0.1) is 11.6 Å². The topological polar surface area (TPSA) is 120 Å². The lowest BCUT2D eigenvalue weighted by molar-refractivity contribution is -0.119. The maximum Gasteiger partial charge on any atom is 0.319 e. The third-order valence-corrected chi connectivity index (χ3v) is 6.19. The second-order valence-electron chi connectivity index (χ2n) is 7.06. The van der Waals surface area contributed by atoms with Crippen molar-refractivity contribution in [3.63, 3.8) is 0 Å². The average molecular weight is 513 g/mol. The summed E-state index contributed by atoms with van der Waals surface area (Å²) in [5.41, 5.74) is 1.78. The van der Waals surface area contributed by atoms with E-state index in [9.17, 15) is 9.59 Å². The van der Waals surface area contributed by atoms with E-state index in [-0.39, 0.29) is 11.8 Å². The van der Waals surface area contributed by atoms with Gasteiger partial charge in [-0.05, 0) is 36.2 Å². The Balaban J connectivity index is 1.67. The van der Waals surface area contributed by atoms with Crippen LogP contribution in [0, 0.1) is 17.2 Å². The van der Waals surface area contributed by atoms with E-state index >= 15 is 0 Å². The van der Waals surface area contributed by atoms with Crippen molar-refractivity contribution in [2.75, 3.05) is 10.6 Å². The van der Waals surface area contributed by atoms with E-state index in [2.05, 4.69) is 42.1 Å². The Morgan fingerprint density at radius 2 is 1.91 bits per heavy atom. The normalized spacial score (nSPS) is 12.3. The van der Waals surface area contributed by atoms with Crippen LogP contribution in [-0.4, -0.2) is 28.2 Å². The zero-order chi connectivity index (χ0) is 23.1. The van der Waals surface area contributed by atoms with Crippen LogP contribution in [0.4, 0.5) is 15.6 Å². The number of halogens is 1. The molecule has 0 aliphatic carbocycles. The van der Waals surface area contributed by atoms with Gasteiger partial charge in [0.2, 0.25) is 11.0 Å². The van der Waals surface area contributed by atoms with Crippen LogP contribution in [0.3, 0.4) is 0 Å². The number of nitrogens with zero attached hydrogens (tertiary/aromatic N) is 3. The lowest BCUT2D eigenvalue weighted by atomic mass is 9.98. The Hall–Kier alpha value is -3.29. The standard InChI is InChI=1S/C22H21BrN6O2S/c1-3-13(2)18(26-21(31)25-17-6-4-5-14(11-17)12-24)19(30)27-22-29-28-20(32-22)15-7-9-16(23)10-8-15/h4-11,13,18H,3H2,1-2H3,(H2,25,26,31)(H,27,29,30). The van der Waals surface area contributed by atoms with Crippen molar-refractivity contribution in [1.82, 2.24) is 15.5 Å². The van der Waals surface area contributed by atoms with Crippen LogP contribution in [0.2, 0.25) is 0 Å². The van der Waals surface area contributed by atoms with Crippen LogP contribution in [0.15, 0.2) is 53.0 Å². The first-order valence-corrected chi connectivity index (χ1v) is 11.5. The number of urea groups is 1. The lowest BCUT2D eigenvalue weighted by Gasteiger charge is -2.23. The minimum Gasteiger partial charge on any atom is -0.326 e. The van der Waals surface area contributed by atoms with E-state index in [0.29, 0.717) is 27.8 Å². The molecule has 0 radical (unpaired) electrons. The number of aromatic nitrogens is 2. The van der Waals surface area contributed by atoms with Crippen molar-refractivity contribution < 1.29 is 9.59 Å². The summed E-state index contributed by atoms with van der Waals surface area (Å²) in [5, 5.41) is 26.4. The van der Waals surface area contributed by atoms with Crippen LogP contribution in [0.25, 0.3) is 10.6 Å². The molecule has 0 saturated carbocycles. The molecule has 0 spiro atoms. The zero-order valence-electron chi connectivity index (χ0n) is 17.4. The van der Waals surface area contributed by atoms with E-state index < -0.39 is 12.1 Å². The smallest absolute Gasteiger partial charge is 0.319 e. The van der Waals surface area contributed by atoms with Crippen molar-refractivity contribution >= 4 is 50.0 Å². The predicted molar refractivity (Wildman–Crippen MR) is 128 cm³/mol. The van der Waals surface area contributed by atoms with E-state index in [4.69, 9.17) is 5.26 Å². The second-order valence-corrected chi connectivity index (χ2v) is 8.96. The maximum absolute atomic E-state index is 12.9. The van der Waals surface area contributed by atoms with Crippen molar-refractivity contribution in [3.8, 4) is 16.6 Å². The Labute approximate surface area is 198 Å². The van der Waals surface area contributed by atoms with E-state index in [0.717, 1.165) is 10.0 Å². The summed E-state index contributed by atoms with van der Waals surface area (Å²) in [6.07, 6.45) is 0.683. The van der Waals surface area contributed by atoms with Gasteiger partial charge in [0.15, 0.2) is 0 Å². The zero-order valence-corrected chi connectivity index (χ0v) is 19.8. The monoisotopic (exact) mass is 512 g/mol. The van der Waals surface area contributed by atoms with E-state index in [1.807, 2.05) is 44.2 Å². The molecule has 1 aromatic heterocycles. The fraction of sp³-hybridized carbons (Fsp3) is 0.227. The number of benzene rings is 2. The van der Waals surface area contributed by atoms with E-state index in [1.54, 1.807) is 24.3 Å². The highest BCUT2D eigenvalue weighted by Crippen LogP contribution is 2.27. The van der Waals surface area contributed by atoms with Gasteiger partial charge < -0.3 is 10.6 Å². The predicted octanol–water partition coefficient (Wildman–Crippen LogP) is 5.01. The Bertz CT molecular complexity index is 1140. The number of nitriles is 1. The molecule has 164 valence electrons. The highest BCUT2D eigenvalue weighted by Gasteiger charge is 2.27. The number of carbonyl (C=O) groups excluding carboxylic acids is 2. The summed E-state index contributed by atoms with van der Waals surface area (Å²) >= 11 is 4.65. The van der Waals surface area contributed by atoms with Crippen molar-refractivity contribution in [1.29, 1.82) is 5.26 Å². The molecular formula is C22H21BrN6O2S. The van der Waals surface area contributed by atoms with Gasteiger partial charge in [0, 0.05) is 15.7 Å². The molecule has 1 heterocycles. The first kappa shape index (κ1) is 23.4. The minimum atomic E-state index is -0.779. The maximum atomic E-state index is 12.9. The molecule has 3 aromatic rings. The summed E-state index contributed by atoms with van der Waals surface area (Å²) in [4.78, 5) is 25.4. The number of carbonyl (C=O) groups is 2. The van der Waals surface area contributed by atoms with Crippen LogP contribution < -0.4 is 16.0 Å². The number of hydrogen-bond donors (Lipinski definition) is 3. The number of rotatable bonds is 7. The molecule has 2 unspecified atom stereocenters. The fourth-order valence-corrected chi connectivity index (χ4v) is 3.86. The third kappa shape index (κ3) is 6.12. The molecule has 0 aliphatic rings. The van der Waals surface area contributed by atoms with Gasteiger partial charge in [-0.1, -0.05) is 65.7 Å². The highest BCUT2D eigenvalue weighted by molar-refractivity contribution is 9.10. The molecule has 2 atom stereocenters. The van der Waals surface area contributed by atoms with Crippen molar-refractivity contribution in [2.24, 2.45) is 5.92 Å². The number of nitrogens with one attached hydrogen (secondary N) is 3. The summed E-state index contributed by atoms with van der Waals surface area (Å²) in [7, 11) is 0. The van der Waals surface area contributed by atoms with Crippen LogP contribution >= 0.6 is 27.3 Å². The fourth-order valence-electron chi connectivity index (χ4n) is 2.84. The molecule has 0 saturated heterocycles. The summed E-state index contributed by atoms with van der Waals surface area (Å²) in [6.45, 7) is 3.83. The summed E-state index contributed by atoms with van der Waals surface area (Å²) in [5.74, 6) is -0.496. The summed E-state index contributed by atoms with van der Waals surface area (Å²) in [6, 6.07) is 14.9. The van der Waals surface area contributed by atoms with E-state index in [1.165, 1.54) is 11.3 Å². The van der Waals surface area contributed by atoms with Gasteiger partial charge in [0.1, 0.15) is 11.0 Å². The molecule has 3 amide bonds. The van der Waals surface area contributed by atoms with Gasteiger partial charge in [-0.3, -0.25) is 10.1 Å². The van der Waals surface area contributed by atoms with Gasteiger partial charge in [-0.2, -0.15) is 5.26 Å². The molecule has 10 heteroatoms. The molecule has 0 aliphatic heterocycles. The number of anilines is 2. The van der Waals surface area contributed by atoms with Gasteiger partial charge in [-0.25, -0.2) is 4.79 Å². The molecular weight excluding hydrogens is 492 g/mol. The van der Waals surface area contributed by atoms with Crippen molar-refractivity contribution in [2.45, 2.75) is 26.3 Å². The Kier molecular flexibility index (Phi) is 7.92. The van der Waals surface area contributed by atoms with Crippen LogP contribution in [0.1, 0.15) is 25.8 Å². The molecule has 2 aromatic carbocycles. The van der Waals surface area contributed by atoms with Crippen LogP contribution in [-0.2, 0) is 4.79 Å². The number of amides is 3. The quantitative estimate of drug-likeness (QED) is 0.410. The first-order chi connectivity index (χ1) is 15.4. The molecule has 8 nitrogen and oxygen atoms in total. The minimum absolute atomic E-state index is 0.120. The number of hydrogen-bond acceptors (Lipinski definition) is 6. The molecule has 3 N–H and O–H groups in total. The SMILES string of the molecule is CCC(C)C(NC(=O)Nc1cccc(C#N)c1)C(=O)Nc1nnc(-c2ccc(Br)cc2)s1. The van der Waals surface area contributed by atoms with Crippen LogP contribution in [0.5, 0.6) is 0 Å². The average Bonchev–Trinajstić information content (AvgIpc) is 3.25. The third-order valence-electron chi connectivity index (χ3n) is 4.78. The highest BCUT2D eigenvalue weighted by atomic mass is 79.9. The van der Waals surface area contributed by atoms with Gasteiger partial charge >= 0.3 is 6.03 Å². The summed E-state index contributed by atoms with van der Waals surface area (Å²) < 4.78 is 0.958. The Morgan fingerprint density at radius 1 is 1.16 bits per heavy atom.